The zero-order chi connectivity index (χ0) is 32.8. The van der Waals surface area contributed by atoms with Crippen molar-refractivity contribution in [3.8, 4) is 0 Å². The minimum atomic E-state index is -0.666. The number of non-ortho nitro benzene ring substituents is 1. The van der Waals surface area contributed by atoms with Crippen LogP contribution in [0.2, 0.25) is 0 Å². The van der Waals surface area contributed by atoms with E-state index in [1.165, 1.54) is 24.1 Å². The molecule has 4 fully saturated rings. The lowest BCUT2D eigenvalue weighted by Crippen LogP contribution is -2.49. The van der Waals surface area contributed by atoms with Crippen LogP contribution < -0.4 is 0 Å². The third-order valence-electron chi connectivity index (χ3n) is 11.1. The summed E-state index contributed by atoms with van der Waals surface area (Å²) < 4.78 is 5.75. The topological polar surface area (TPSA) is 116 Å². The van der Waals surface area contributed by atoms with E-state index >= 15 is 0 Å². The normalized spacial score (nSPS) is 23.7. The van der Waals surface area contributed by atoms with Crippen molar-refractivity contribution in [2.75, 3.05) is 45.9 Å². The quantitative estimate of drug-likeness (QED) is 0.202. The van der Waals surface area contributed by atoms with Crippen LogP contribution in [-0.4, -0.2) is 94.8 Å². The van der Waals surface area contributed by atoms with Crippen LogP contribution >= 0.6 is 0 Å². The van der Waals surface area contributed by atoms with Crippen LogP contribution in [0.1, 0.15) is 74.8 Å². The van der Waals surface area contributed by atoms with Crippen LogP contribution in [0.5, 0.6) is 0 Å². The number of hydrogen-bond acceptors (Lipinski definition) is 7. The molecule has 2 heterocycles. The van der Waals surface area contributed by atoms with Gasteiger partial charge in [0, 0.05) is 69.8 Å². The highest BCUT2D eigenvalue weighted by Crippen LogP contribution is 2.39. The second-order valence-corrected chi connectivity index (χ2v) is 14.3. The minimum Gasteiger partial charge on any atom is -0.480 e. The van der Waals surface area contributed by atoms with Crippen LogP contribution in [0.25, 0.3) is 0 Å². The Morgan fingerprint density at radius 1 is 0.936 bits per heavy atom. The number of aliphatic carboxylic acids is 1. The third-order valence-corrected chi connectivity index (χ3v) is 11.1. The van der Waals surface area contributed by atoms with Crippen molar-refractivity contribution in [2.24, 2.45) is 17.8 Å². The second kappa shape index (κ2) is 15.6. The maximum atomic E-state index is 13.3. The van der Waals surface area contributed by atoms with E-state index in [-0.39, 0.29) is 30.3 Å². The van der Waals surface area contributed by atoms with Crippen LogP contribution in [0.3, 0.4) is 0 Å². The molecule has 10 heteroatoms. The van der Waals surface area contributed by atoms with Crippen molar-refractivity contribution in [1.29, 1.82) is 0 Å². The molecule has 3 atom stereocenters. The number of benzene rings is 2. The molecule has 47 heavy (non-hydrogen) atoms. The molecule has 3 unspecified atom stereocenters. The Kier molecular flexibility index (Phi) is 11.1. The first-order valence-electron chi connectivity index (χ1n) is 17.8. The molecular weight excluding hydrogens is 596 g/mol. The van der Waals surface area contributed by atoms with Gasteiger partial charge in [-0.2, -0.15) is 0 Å². The minimum absolute atomic E-state index is 0.0532. The van der Waals surface area contributed by atoms with Crippen LogP contribution in [-0.2, 0) is 16.0 Å². The number of nitrogens with zero attached hydrogens (tertiary/aromatic N) is 4. The average molecular weight is 647 g/mol. The number of carboxylic acid groups (broad SMARTS) is 1. The van der Waals surface area contributed by atoms with E-state index < -0.39 is 16.9 Å². The van der Waals surface area contributed by atoms with E-state index in [1.54, 1.807) is 12.1 Å². The summed E-state index contributed by atoms with van der Waals surface area (Å²) in [6, 6.07) is 16.8. The summed E-state index contributed by atoms with van der Waals surface area (Å²) in [5.41, 5.74) is 2.25. The number of piperidine rings is 1. The molecular formula is C37H50N4O6. The molecule has 2 aromatic rings. The van der Waals surface area contributed by atoms with Crippen molar-refractivity contribution in [1.82, 2.24) is 14.7 Å². The van der Waals surface area contributed by atoms with Gasteiger partial charge in [0.05, 0.1) is 11.5 Å². The molecule has 10 nitrogen and oxygen atoms in total. The maximum absolute atomic E-state index is 13.3. The molecule has 0 aromatic heterocycles. The van der Waals surface area contributed by atoms with Gasteiger partial charge in [0.2, 0.25) is 0 Å². The van der Waals surface area contributed by atoms with Gasteiger partial charge in [-0.3, -0.25) is 19.8 Å². The number of carbonyl (C=O) groups is 2. The second-order valence-electron chi connectivity index (χ2n) is 14.3. The fourth-order valence-corrected chi connectivity index (χ4v) is 8.32. The van der Waals surface area contributed by atoms with Gasteiger partial charge in [0.1, 0.15) is 6.04 Å². The maximum Gasteiger partial charge on any atom is 0.410 e. The molecule has 4 aliphatic rings. The number of amides is 1. The summed E-state index contributed by atoms with van der Waals surface area (Å²) in [6.07, 6.45) is 9.88. The highest BCUT2D eigenvalue weighted by atomic mass is 16.6. The van der Waals surface area contributed by atoms with E-state index in [2.05, 4.69) is 34.1 Å². The third kappa shape index (κ3) is 8.70. The molecule has 254 valence electrons. The van der Waals surface area contributed by atoms with E-state index in [9.17, 15) is 24.8 Å². The Morgan fingerprint density at radius 3 is 2.28 bits per heavy atom. The Hall–Kier alpha value is -3.50. The molecule has 0 bridgehead atoms. The Morgan fingerprint density at radius 2 is 1.64 bits per heavy atom. The predicted molar refractivity (Wildman–Crippen MR) is 179 cm³/mol. The molecule has 2 aliphatic heterocycles. The molecule has 0 radical (unpaired) electrons. The zero-order valence-electron chi connectivity index (χ0n) is 27.5. The zero-order valence-corrected chi connectivity index (χ0v) is 27.5. The van der Waals surface area contributed by atoms with Gasteiger partial charge in [-0.1, -0.05) is 61.7 Å². The fraction of sp³-hybridized carbons (Fsp3) is 0.622. The van der Waals surface area contributed by atoms with Crippen LogP contribution in [0, 0.1) is 27.9 Å². The number of rotatable bonds is 13. The van der Waals surface area contributed by atoms with Crippen molar-refractivity contribution >= 4 is 17.7 Å². The first-order valence-corrected chi connectivity index (χ1v) is 17.8. The van der Waals surface area contributed by atoms with Gasteiger partial charge in [-0.15, -0.1) is 0 Å². The highest BCUT2D eigenvalue weighted by molar-refractivity contribution is 5.74. The van der Waals surface area contributed by atoms with Crippen molar-refractivity contribution in [3.63, 3.8) is 0 Å². The number of nitro benzene ring substituents is 1. The van der Waals surface area contributed by atoms with E-state index in [4.69, 9.17) is 4.74 Å². The summed E-state index contributed by atoms with van der Waals surface area (Å²) in [7, 11) is 0. The van der Waals surface area contributed by atoms with E-state index in [0.29, 0.717) is 24.2 Å². The lowest BCUT2D eigenvalue weighted by molar-refractivity contribution is -0.384. The van der Waals surface area contributed by atoms with Crippen LogP contribution in [0.15, 0.2) is 54.6 Å². The lowest BCUT2D eigenvalue weighted by atomic mass is 9.83. The van der Waals surface area contributed by atoms with Gasteiger partial charge in [0.25, 0.3) is 5.69 Å². The fourth-order valence-electron chi connectivity index (χ4n) is 8.32. The summed E-state index contributed by atoms with van der Waals surface area (Å²) in [5.74, 6) is 0.777. The van der Waals surface area contributed by atoms with Gasteiger partial charge < -0.3 is 19.6 Å². The average Bonchev–Trinajstić information content (AvgIpc) is 3.83. The first-order chi connectivity index (χ1) is 22.9. The number of nitro groups is 1. The molecule has 1 N–H and O–H groups in total. The van der Waals surface area contributed by atoms with Crippen LogP contribution in [0.4, 0.5) is 10.5 Å². The summed E-state index contributed by atoms with van der Waals surface area (Å²) >= 11 is 0. The predicted octanol–water partition coefficient (Wildman–Crippen LogP) is 6.20. The molecule has 2 aliphatic carbocycles. The number of carbonyl (C=O) groups excluding carboxylic acids is 1. The largest absolute Gasteiger partial charge is 0.480 e. The Balaban J connectivity index is 1.05. The monoisotopic (exact) mass is 646 g/mol. The van der Waals surface area contributed by atoms with Gasteiger partial charge in [0.15, 0.2) is 0 Å². The van der Waals surface area contributed by atoms with Crippen molar-refractivity contribution in [2.45, 2.75) is 82.2 Å². The summed E-state index contributed by atoms with van der Waals surface area (Å²) in [4.78, 5) is 43.3. The molecule has 2 aromatic carbocycles. The van der Waals surface area contributed by atoms with Crippen molar-refractivity contribution in [3.05, 3.63) is 75.8 Å². The molecule has 2 saturated carbocycles. The van der Waals surface area contributed by atoms with Gasteiger partial charge in [-0.05, 0) is 67.4 Å². The number of carboxylic acids is 1. The Bertz CT molecular complexity index is 1340. The lowest BCUT2D eigenvalue weighted by Gasteiger charge is -2.39. The van der Waals surface area contributed by atoms with E-state index in [1.807, 2.05) is 11.0 Å². The highest BCUT2D eigenvalue weighted by Gasteiger charge is 2.43. The summed E-state index contributed by atoms with van der Waals surface area (Å²) in [5, 5.41) is 21.3. The standard InChI is InChI=1S/C37H50N4O6/c42-36(43)35(30-9-5-2-6-10-30)39-25-31(34(26-39)29-7-3-1-4-8-29)24-38-20-17-32(18-21-38)40(23-28-11-12-28)37(44)47-22-19-27-13-15-33(16-14-27)41(45)46/h1,3-4,7-8,13-16,28,30-32,34-35H,2,5-6,9-12,17-26H2,(H,42,43). The van der Waals surface area contributed by atoms with Crippen molar-refractivity contribution < 1.29 is 24.4 Å². The smallest absolute Gasteiger partial charge is 0.410 e. The molecule has 0 spiro atoms. The van der Waals surface area contributed by atoms with E-state index in [0.717, 1.165) is 96.2 Å². The molecule has 1 amide bonds. The first kappa shape index (κ1) is 33.4. The number of ether oxygens (including phenoxy) is 1. The molecule has 2 saturated heterocycles. The number of hydrogen-bond donors (Lipinski definition) is 1. The molecule has 6 rings (SSSR count). The van der Waals surface area contributed by atoms with Gasteiger partial charge >= 0.3 is 12.1 Å². The SMILES string of the molecule is O=C(O)C(C1CCCCC1)N1CC(CN2CCC(N(CC3CC3)C(=O)OCCc3ccc([N+](=O)[O-])cc3)CC2)C(c2ccccc2)C1. The van der Waals surface area contributed by atoms with Gasteiger partial charge in [-0.25, -0.2) is 4.79 Å². The Labute approximate surface area is 278 Å². The number of likely N-dealkylation sites (tertiary alicyclic amines) is 2. The summed E-state index contributed by atoms with van der Waals surface area (Å²) in [6.45, 7) is 5.33.